The summed E-state index contributed by atoms with van der Waals surface area (Å²) in [5, 5.41) is 8.87. The Morgan fingerprint density at radius 2 is 2.21 bits per heavy atom. The number of hydrogen-bond acceptors (Lipinski definition) is 4. The normalized spacial score (nSPS) is 10.6. The maximum atomic E-state index is 13.2. The van der Waals surface area contributed by atoms with Gasteiger partial charge in [0.15, 0.2) is 0 Å². The molecule has 19 heavy (non-hydrogen) atoms. The molecule has 2 rings (SSSR count). The number of rotatable bonds is 4. The molecule has 1 aromatic heterocycles. The molecule has 3 N–H and O–H groups in total. The fraction of sp³-hybridized carbons (Fsp3) is 0.154. The van der Waals surface area contributed by atoms with Crippen LogP contribution >= 0.6 is 11.8 Å². The molecule has 0 aliphatic heterocycles. The van der Waals surface area contributed by atoms with Crippen molar-refractivity contribution in [2.45, 2.75) is 17.6 Å². The van der Waals surface area contributed by atoms with Gasteiger partial charge in [0.1, 0.15) is 11.6 Å². The van der Waals surface area contributed by atoms with E-state index in [2.05, 4.69) is 0 Å². The van der Waals surface area contributed by atoms with Crippen molar-refractivity contribution in [2.24, 2.45) is 0 Å². The number of nitrogen functional groups attached to an aromatic ring is 1. The van der Waals surface area contributed by atoms with Gasteiger partial charge in [0.05, 0.1) is 11.4 Å². The van der Waals surface area contributed by atoms with E-state index in [1.54, 1.807) is 19.1 Å². The Balaban J connectivity index is 2.08. The number of benzene rings is 1. The van der Waals surface area contributed by atoms with E-state index in [1.165, 1.54) is 23.9 Å². The second-order valence-electron chi connectivity index (χ2n) is 4.00. The predicted octanol–water partition coefficient (Wildman–Crippen LogP) is 3.30. The van der Waals surface area contributed by atoms with Crippen molar-refractivity contribution in [3.05, 3.63) is 47.2 Å². The summed E-state index contributed by atoms with van der Waals surface area (Å²) in [6.45, 7) is 1.67. The molecule has 1 aromatic carbocycles. The molecule has 0 atom stereocenters. The molecule has 0 spiro atoms. The van der Waals surface area contributed by atoms with Crippen LogP contribution in [0.5, 0.6) is 0 Å². The van der Waals surface area contributed by atoms with Gasteiger partial charge in [0, 0.05) is 10.5 Å². The van der Waals surface area contributed by atoms with Crippen molar-refractivity contribution in [3.63, 3.8) is 0 Å². The van der Waals surface area contributed by atoms with Gasteiger partial charge in [-0.25, -0.2) is 9.18 Å². The van der Waals surface area contributed by atoms with Gasteiger partial charge in [-0.3, -0.25) is 0 Å². The van der Waals surface area contributed by atoms with Crippen molar-refractivity contribution in [2.75, 3.05) is 5.73 Å². The third kappa shape index (κ3) is 3.08. The third-order valence-electron chi connectivity index (χ3n) is 2.52. The van der Waals surface area contributed by atoms with Crippen LogP contribution in [0.15, 0.2) is 33.6 Å². The summed E-state index contributed by atoms with van der Waals surface area (Å²) < 4.78 is 18.5. The van der Waals surface area contributed by atoms with Crippen LogP contribution in [-0.2, 0) is 5.75 Å². The lowest BCUT2D eigenvalue weighted by Gasteiger charge is -2.01. The number of aryl methyl sites for hydroxylation is 1. The van der Waals surface area contributed by atoms with E-state index in [-0.39, 0.29) is 11.4 Å². The Labute approximate surface area is 113 Å². The lowest BCUT2D eigenvalue weighted by Crippen LogP contribution is -1.94. The number of furan rings is 1. The van der Waals surface area contributed by atoms with Gasteiger partial charge in [-0.05, 0) is 31.2 Å². The molecule has 0 unspecified atom stereocenters. The fourth-order valence-corrected chi connectivity index (χ4v) is 2.39. The third-order valence-corrected chi connectivity index (χ3v) is 3.53. The van der Waals surface area contributed by atoms with Crippen LogP contribution < -0.4 is 5.73 Å². The lowest BCUT2D eigenvalue weighted by molar-refractivity contribution is 0.0659. The first-order valence-electron chi connectivity index (χ1n) is 5.48. The number of carboxylic acids is 1. The summed E-state index contributed by atoms with van der Waals surface area (Å²) in [4.78, 5) is 11.5. The summed E-state index contributed by atoms with van der Waals surface area (Å²) in [5.74, 6) is -0.646. The number of carbonyl (C=O) groups is 1. The second kappa shape index (κ2) is 5.36. The molecule has 1 heterocycles. The zero-order valence-electron chi connectivity index (χ0n) is 10.1. The van der Waals surface area contributed by atoms with E-state index in [1.807, 2.05) is 0 Å². The maximum Gasteiger partial charge on any atom is 0.372 e. The molecule has 0 saturated heterocycles. The smallest absolute Gasteiger partial charge is 0.372 e. The molecule has 2 aromatic rings. The van der Waals surface area contributed by atoms with E-state index in [0.717, 1.165) is 0 Å². The minimum absolute atomic E-state index is 0.0564. The summed E-state index contributed by atoms with van der Waals surface area (Å²) >= 11 is 1.35. The van der Waals surface area contributed by atoms with Gasteiger partial charge in [0.2, 0.25) is 5.76 Å². The number of nitrogens with two attached hydrogens (primary N) is 1. The van der Waals surface area contributed by atoms with Crippen molar-refractivity contribution >= 4 is 23.4 Å². The number of aromatic carboxylic acids is 1. The highest BCUT2D eigenvalue weighted by molar-refractivity contribution is 7.98. The van der Waals surface area contributed by atoms with E-state index in [4.69, 9.17) is 15.3 Å². The molecule has 0 aliphatic carbocycles. The van der Waals surface area contributed by atoms with Crippen LogP contribution in [0.4, 0.5) is 10.1 Å². The van der Waals surface area contributed by atoms with E-state index in [9.17, 15) is 9.18 Å². The summed E-state index contributed by atoms with van der Waals surface area (Å²) in [7, 11) is 0. The highest BCUT2D eigenvalue weighted by Gasteiger charge is 2.14. The largest absolute Gasteiger partial charge is 0.475 e. The van der Waals surface area contributed by atoms with Crippen LogP contribution in [0.1, 0.15) is 21.9 Å². The van der Waals surface area contributed by atoms with Crippen LogP contribution in [0.2, 0.25) is 0 Å². The number of hydrogen-bond donors (Lipinski definition) is 2. The summed E-state index contributed by atoms with van der Waals surface area (Å²) in [6.07, 6.45) is 0. The molecule has 0 bridgehead atoms. The summed E-state index contributed by atoms with van der Waals surface area (Å²) in [5.41, 5.74) is 6.06. The number of thioether (sulfide) groups is 1. The van der Waals surface area contributed by atoms with Crippen LogP contribution in [-0.4, -0.2) is 11.1 Å². The SMILES string of the molecule is Cc1cc(CSc2ccc(N)c(F)c2)oc1C(=O)O. The molecule has 4 nitrogen and oxygen atoms in total. The lowest BCUT2D eigenvalue weighted by atomic mass is 10.3. The zero-order chi connectivity index (χ0) is 14.0. The minimum Gasteiger partial charge on any atom is -0.475 e. The van der Waals surface area contributed by atoms with Crippen molar-refractivity contribution < 1.29 is 18.7 Å². The Kier molecular flexibility index (Phi) is 3.80. The maximum absolute atomic E-state index is 13.2. The van der Waals surface area contributed by atoms with E-state index >= 15 is 0 Å². The van der Waals surface area contributed by atoms with Gasteiger partial charge >= 0.3 is 5.97 Å². The van der Waals surface area contributed by atoms with Crippen LogP contribution in [0.3, 0.4) is 0 Å². The summed E-state index contributed by atoms with van der Waals surface area (Å²) in [6, 6.07) is 6.21. The Morgan fingerprint density at radius 1 is 1.47 bits per heavy atom. The number of halogens is 1. The molecule has 6 heteroatoms. The van der Waals surface area contributed by atoms with Crippen molar-refractivity contribution in [3.8, 4) is 0 Å². The number of anilines is 1. The van der Waals surface area contributed by atoms with Gasteiger partial charge in [0.25, 0.3) is 0 Å². The first-order chi connectivity index (χ1) is 8.97. The Morgan fingerprint density at radius 3 is 2.79 bits per heavy atom. The fourth-order valence-electron chi connectivity index (χ4n) is 1.58. The highest BCUT2D eigenvalue weighted by atomic mass is 32.2. The van der Waals surface area contributed by atoms with Crippen LogP contribution in [0, 0.1) is 12.7 Å². The van der Waals surface area contributed by atoms with Crippen molar-refractivity contribution in [1.82, 2.24) is 0 Å². The quantitative estimate of drug-likeness (QED) is 0.664. The standard InChI is InChI=1S/C13H12FNO3S/c1-7-4-8(18-12(7)13(16)17)6-19-9-2-3-11(15)10(14)5-9/h2-5H,6,15H2,1H3,(H,16,17). The molecular weight excluding hydrogens is 269 g/mol. The first kappa shape index (κ1) is 13.5. The van der Waals surface area contributed by atoms with Gasteiger partial charge < -0.3 is 15.3 Å². The molecule has 0 saturated carbocycles. The average Bonchev–Trinajstić information content (AvgIpc) is 2.72. The van der Waals surface area contributed by atoms with E-state index < -0.39 is 11.8 Å². The van der Waals surface area contributed by atoms with Gasteiger partial charge in [-0.2, -0.15) is 0 Å². The average molecular weight is 281 g/mol. The van der Waals surface area contributed by atoms with E-state index in [0.29, 0.717) is 22.0 Å². The molecule has 0 aliphatic rings. The molecule has 0 fully saturated rings. The second-order valence-corrected chi connectivity index (χ2v) is 5.05. The zero-order valence-corrected chi connectivity index (χ0v) is 11.0. The van der Waals surface area contributed by atoms with Crippen molar-refractivity contribution in [1.29, 1.82) is 0 Å². The molecular formula is C13H12FNO3S. The first-order valence-corrected chi connectivity index (χ1v) is 6.46. The number of carboxylic acid groups (broad SMARTS) is 1. The molecule has 0 amide bonds. The Hall–Kier alpha value is -1.95. The van der Waals surface area contributed by atoms with Gasteiger partial charge in [-0.15, -0.1) is 11.8 Å². The highest BCUT2D eigenvalue weighted by Crippen LogP contribution is 2.27. The molecule has 100 valence electrons. The monoisotopic (exact) mass is 281 g/mol. The van der Waals surface area contributed by atoms with Gasteiger partial charge in [-0.1, -0.05) is 0 Å². The topological polar surface area (TPSA) is 76.5 Å². The minimum atomic E-state index is -1.09. The Bertz CT molecular complexity index is 624. The molecule has 0 radical (unpaired) electrons. The van der Waals surface area contributed by atoms with Crippen LogP contribution in [0.25, 0.3) is 0 Å². The predicted molar refractivity (Wildman–Crippen MR) is 70.8 cm³/mol.